The van der Waals surface area contributed by atoms with E-state index in [4.69, 9.17) is 0 Å². The molecule has 2 atom stereocenters. The first-order valence-electron chi connectivity index (χ1n) is 5.98. The third kappa shape index (κ3) is 1.16. The third-order valence-corrected chi connectivity index (χ3v) is 4.76. The van der Waals surface area contributed by atoms with Crippen LogP contribution in [0.2, 0.25) is 0 Å². The number of likely N-dealkylation sites (tertiary alicyclic amines) is 1. The van der Waals surface area contributed by atoms with Gasteiger partial charge in [0, 0.05) is 19.1 Å². The first-order valence-corrected chi connectivity index (χ1v) is 5.98. The molecule has 4 fully saturated rings. The van der Waals surface area contributed by atoms with Gasteiger partial charge in [-0.2, -0.15) is 0 Å². The van der Waals surface area contributed by atoms with E-state index in [9.17, 15) is 0 Å². The van der Waals surface area contributed by atoms with E-state index in [1.54, 1.807) is 19.3 Å². The van der Waals surface area contributed by atoms with Gasteiger partial charge in [0.1, 0.15) is 0 Å². The van der Waals surface area contributed by atoms with Gasteiger partial charge in [0.25, 0.3) is 0 Å². The van der Waals surface area contributed by atoms with Crippen LogP contribution in [0.25, 0.3) is 0 Å². The normalized spacial score (nSPS) is 49.2. The van der Waals surface area contributed by atoms with E-state index < -0.39 is 0 Å². The molecule has 1 aliphatic heterocycles. The summed E-state index contributed by atoms with van der Waals surface area (Å²) in [7, 11) is 0. The fourth-order valence-electron chi connectivity index (χ4n) is 3.89. The summed E-state index contributed by atoms with van der Waals surface area (Å²) in [5, 5.41) is 0. The molecule has 0 spiro atoms. The van der Waals surface area contributed by atoms with Gasteiger partial charge in [-0.1, -0.05) is 0 Å². The molecule has 0 aromatic carbocycles. The Morgan fingerprint density at radius 1 is 1.00 bits per heavy atom. The van der Waals surface area contributed by atoms with E-state index in [0.717, 1.165) is 29.7 Å². The van der Waals surface area contributed by atoms with Gasteiger partial charge in [-0.05, 0) is 56.8 Å². The van der Waals surface area contributed by atoms with Crippen molar-refractivity contribution in [2.45, 2.75) is 39.2 Å². The molecule has 0 amide bonds. The number of hydrogen-bond acceptors (Lipinski definition) is 1. The summed E-state index contributed by atoms with van der Waals surface area (Å²) in [6.45, 7) is 7.53. The molecule has 1 nitrogen and oxygen atoms in total. The first-order chi connectivity index (χ1) is 6.24. The van der Waals surface area contributed by atoms with Crippen molar-refractivity contribution in [3.05, 3.63) is 0 Å². The molecule has 0 aromatic heterocycles. The second-order valence-electron chi connectivity index (χ2n) is 5.80. The molecule has 2 bridgehead atoms. The predicted octanol–water partition coefficient (Wildman–Crippen LogP) is 2.37. The van der Waals surface area contributed by atoms with Crippen LogP contribution in [-0.2, 0) is 0 Å². The average molecular weight is 179 g/mol. The first kappa shape index (κ1) is 8.28. The molecule has 1 heterocycles. The lowest BCUT2D eigenvalue weighted by Gasteiger charge is -2.48. The lowest BCUT2D eigenvalue weighted by atomic mass is 9.57. The van der Waals surface area contributed by atoms with Gasteiger partial charge in [-0.15, -0.1) is 0 Å². The second kappa shape index (κ2) is 2.73. The van der Waals surface area contributed by atoms with Crippen molar-refractivity contribution in [3.8, 4) is 0 Å². The third-order valence-electron chi connectivity index (χ3n) is 4.76. The molecule has 13 heavy (non-hydrogen) atoms. The lowest BCUT2D eigenvalue weighted by molar-refractivity contribution is 0.0245. The number of rotatable bonds is 1. The van der Waals surface area contributed by atoms with Crippen molar-refractivity contribution in [2.24, 2.45) is 23.7 Å². The average Bonchev–Trinajstić information content (AvgIpc) is 2.44. The molecule has 0 N–H and O–H groups in total. The van der Waals surface area contributed by atoms with Crippen LogP contribution in [0.15, 0.2) is 0 Å². The minimum atomic E-state index is 0.780. The summed E-state index contributed by atoms with van der Waals surface area (Å²) in [6, 6.07) is 0.780. The van der Waals surface area contributed by atoms with Crippen LogP contribution in [0.5, 0.6) is 0 Å². The number of hydrogen-bond donors (Lipinski definition) is 0. The maximum Gasteiger partial charge on any atom is 0.00388 e. The van der Waals surface area contributed by atoms with Crippen LogP contribution in [0.4, 0.5) is 0 Å². The van der Waals surface area contributed by atoms with Crippen LogP contribution in [0, 0.1) is 23.7 Å². The van der Waals surface area contributed by atoms with Gasteiger partial charge < -0.3 is 4.90 Å². The summed E-state index contributed by atoms with van der Waals surface area (Å²) >= 11 is 0. The molecule has 3 aliphatic carbocycles. The van der Waals surface area contributed by atoms with Crippen LogP contribution in [0.1, 0.15) is 33.1 Å². The van der Waals surface area contributed by atoms with Crippen molar-refractivity contribution in [2.75, 3.05) is 13.1 Å². The summed E-state index contributed by atoms with van der Waals surface area (Å²) in [5.74, 6) is 4.44. The maximum absolute atomic E-state index is 2.70. The van der Waals surface area contributed by atoms with Crippen molar-refractivity contribution < 1.29 is 0 Å². The molecule has 4 rings (SSSR count). The van der Waals surface area contributed by atoms with Crippen LogP contribution < -0.4 is 0 Å². The van der Waals surface area contributed by atoms with E-state index in [1.807, 2.05) is 0 Å². The van der Waals surface area contributed by atoms with Gasteiger partial charge in [-0.3, -0.25) is 0 Å². The summed E-state index contributed by atoms with van der Waals surface area (Å²) in [5.41, 5.74) is 0. The maximum atomic E-state index is 2.70. The van der Waals surface area contributed by atoms with Gasteiger partial charge in [0.15, 0.2) is 0 Å². The van der Waals surface area contributed by atoms with Crippen LogP contribution in [0.3, 0.4) is 0 Å². The highest BCUT2D eigenvalue weighted by molar-refractivity contribution is 5.00. The molecule has 2 unspecified atom stereocenters. The quantitative estimate of drug-likeness (QED) is 0.597. The Hall–Kier alpha value is -0.0400. The molecular formula is C12H21N. The molecule has 3 saturated carbocycles. The second-order valence-corrected chi connectivity index (χ2v) is 5.80. The summed E-state index contributed by atoms with van der Waals surface area (Å²) in [6.07, 6.45) is 4.71. The fourth-order valence-corrected chi connectivity index (χ4v) is 3.89. The zero-order valence-electron chi connectivity index (χ0n) is 8.87. The topological polar surface area (TPSA) is 3.24 Å². The van der Waals surface area contributed by atoms with E-state index in [0.29, 0.717) is 0 Å². The molecular weight excluding hydrogens is 158 g/mol. The molecule has 1 heteroatoms. The summed E-state index contributed by atoms with van der Waals surface area (Å²) in [4.78, 5) is 2.70. The highest BCUT2D eigenvalue weighted by atomic mass is 15.2. The Morgan fingerprint density at radius 2 is 1.69 bits per heavy atom. The van der Waals surface area contributed by atoms with E-state index >= 15 is 0 Å². The molecule has 0 aromatic rings. The molecule has 1 saturated heterocycles. The highest BCUT2D eigenvalue weighted by Gasteiger charge is 2.49. The lowest BCUT2D eigenvalue weighted by Crippen LogP contribution is -2.41. The zero-order chi connectivity index (χ0) is 9.00. The standard InChI is InChI=1S/C12H21N/c1-8(2)13-6-11-5-9-3-10(4-9)12(11)7-13/h8-12H,3-7H2,1-2H3. The van der Waals surface area contributed by atoms with Gasteiger partial charge in [0.2, 0.25) is 0 Å². The monoisotopic (exact) mass is 179 g/mol. The van der Waals surface area contributed by atoms with E-state index in [1.165, 1.54) is 13.1 Å². The van der Waals surface area contributed by atoms with Crippen molar-refractivity contribution in [1.29, 1.82) is 0 Å². The smallest absolute Gasteiger partial charge is 0.00388 e. The van der Waals surface area contributed by atoms with Gasteiger partial charge in [0.05, 0.1) is 0 Å². The minimum absolute atomic E-state index is 0.780. The molecule has 0 radical (unpaired) electrons. The van der Waals surface area contributed by atoms with Crippen LogP contribution in [-0.4, -0.2) is 24.0 Å². The van der Waals surface area contributed by atoms with E-state index in [-0.39, 0.29) is 0 Å². The largest absolute Gasteiger partial charge is 0.300 e. The fraction of sp³-hybridized carbons (Fsp3) is 1.00. The SMILES string of the molecule is CC(C)N1CC2CC3CC(C3)C2C1. The van der Waals surface area contributed by atoms with Gasteiger partial charge in [-0.25, -0.2) is 0 Å². The van der Waals surface area contributed by atoms with Gasteiger partial charge >= 0.3 is 0 Å². The minimum Gasteiger partial charge on any atom is -0.300 e. The van der Waals surface area contributed by atoms with Crippen molar-refractivity contribution in [3.63, 3.8) is 0 Å². The summed E-state index contributed by atoms with van der Waals surface area (Å²) < 4.78 is 0. The zero-order valence-corrected chi connectivity index (χ0v) is 8.87. The predicted molar refractivity (Wildman–Crippen MR) is 54.5 cm³/mol. The van der Waals surface area contributed by atoms with Crippen molar-refractivity contribution >= 4 is 0 Å². The van der Waals surface area contributed by atoms with E-state index in [2.05, 4.69) is 18.7 Å². The number of nitrogens with zero attached hydrogens (tertiary/aromatic N) is 1. The Kier molecular flexibility index (Phi) is 1.74. The Morgan fingerprint density at radius 3 is 2.31 bits per heavy atom. The van der Waals surface area contributed by atoms with Crippen molar-refractivity contribution in [1.82, 2.24) is 4.90 Å². The molecule has 74 valence electrons. The highest BCUT2D eigenvalue weighted by Crippen LogP contribution is 2.54. The Labute approximate surface area is 81.5 Å². The molecule has 4 aliphatic rings. The van der Waals surface area contributed by atoms with Crippen LogP contribution >= 0.6 is 0 Å². The Balaban J connectivity index is 1.72. The Bertz CT molecular complexity index is 205.